The number of hydrogen-bond acceptors (Lipinski definition) is 3. The first-order chi connectivity index (χ1) is 12.5. The zero-order chi connectivity index (χ0) is 18.5. The Balaban J connectivity index is 1.60. The minimum absolute atomic E-state index is 0.0812. The molecule has 0 saturated carbocycles. The molecule has 1 aliphatic heterocycles. The van der Waals surface area contributed by atoms with Crippen molar-refractivity contribution in [1.82, 2.24) is 15.2 Å². The highest BCUT2D eigenvalue weighted by atomic mass is 35.5. The molecule has 1 aliphatic rings. The van der Waals surface area contributed by atoms with Gasteiger partial charge in [0.15, 0.2) is 0 Å². The van der Waals surface area contributed by atoms with E-state index in [2.05, 4.69) is 15.6 Å². The van der Waals surface area contributed by atoms with Gasteiger partial charge in [0, 0.05) is 25.3 Å². The van der Waals surface area contributed by atoms with Gasteiger partial charge < -0.3 is 15.5 Å². The second-order valence-corrected chi connectivity index (χ2v) is 6.77. The van der Waals surface area contributed by atoms with E-state index < -0.39 is 5.91 Å². The fourth-order valence-corrected chi connectivity index (χ4v) is 3.06. The highest BCUT2D eigenvalue weighted by Gasteiger charge is 2.18. The lowest BCUT2D eigenvalue weighted by Gasteiger charge is -2.16. The lowest BCUT2D eigenvalue weighted by atomic mass is 10.2. The van der Waals surface area contributed by atoms with E-state index in [0.29, 0.717) is 5.69 Å². The highest BCUT2D eigenvalue weighted by Crippen LogP contribution is 2.17. The van der Waals surface area contributed by atoms with Crippen molar-refractivity contribution < 1.29 is 9.59 Å². The average Bonchev–Trinajstić information content (AvgIpc) is 3.17. The van der Waals surface area contributed by atoms with Crippen molar-refractivity contribution in [3.63, 3.8) is 0 Å². The van der Waals surface area contributed by atoms with Gasteiger partial charge in [0.2, 0.25) is 0 Å². The molecule has 3 rings (SSSR count). The van der Waals surface area contributed by atoms with Crippen molar-refractivity contribution in [3.05, 3.63) is 57.8 Å². The van der Waals surface area contributed by atoms with Crippen LogP contribution in [-0.2, 0) is 6.54 Å². The summed E-state index contributed by atoms with van der Waals surface area (Å²) < 4.78 is 0. The first-order valence-corrected chi connectivity index (χ1v) is 9.03. The Labute approximate surface area is 161 Å². The maximum absolute atomic E-state index is 12.2. The van der Waals surface area contributed by atoms with Crippen LogP contribution in [0.2, 0.25) is 10.2 Å². The van der Waals surface area contributed by atoms with E-state index in [4.69, 9.17) is 23.2 Å². The first kappa shape index (κ1) is 18.5. The summed E-state index contributed by atoms with van der Waals surface area (Å²) in [5.41, 5.74) is 1.61. The largest absolute Gasteiger partial charge is 0.347 e. The van der Waals surface area contributed by atoms with Crippen LogP contribution in [0.5, 0.6) is 0 Å². The summed E-state index contributed by atoms with van der Waals surface area (Å²) >= 11 is 11.8. The molecule has 6 nitrogen and oxygen atoms in total. The van der Waals surface area contributed by atoms with Gasteiger partial charge in [-0.2, -0.15) is 0 Å². The molecular formula is C18H18Cl2N4O2. The van der Waals surface area contributed by atoms with Crippen molar-refractivity contribution >= 4 is 40.8 Å². The summed E-state index contributed by atoms with van der Waals surface area (Å²) in [5, 5.41) is 6.07. The van der Waals surface area contributed by atoms with E-state index in [1.807, 2.05) is 24.3 Å². The monoisotopic (exact) mass is 392 g/mol. The number of urea groups is 1. The molecule has 2 aromatic rings. The Hall–Kier alpha value is -2.31. The summed E-state index contributed by atoms with van der Waals surface area (Å²) in [4.78, 5) is 30.1. The van der Waals surface area contributed by atoms with Gasteiger partial charge in [-0.3, -0.25) is 4.79 Å². The fourth-order valence-electron chi connectivity index (χ4n) is 2.73. The zero-order valence-corrected chi connectivity index (χ0v) is 15.5. The highest BCUT2D eigenvalue weighted by molar-refractivity contribution is 6.34. The Kier molecular flexibility index (Phi) is 5.96. The lowest BCUT2D eigenvalue weighted by Crippen LogP contribution is -2.32. The second-order valence-electron chi connectivity index (χ2n) is 5.97. The summed E-state index contributed by atoms with van der Waals surface area (Å²) in [5.74, 6) is -0.413. The molecule has 8 heteroatoms. The third kappa shape index (κ3) is 4.65. The van der Waals surface area contributed by atoms with Gasteiger partial charge in [-0.15, -0.1) is 0 Å². The molecule has 2 N–H and O–H groups in total. The molecule has 0 spiro atoms. The van der Waals surface area contributed by atoms with Gasteiger partial charge in [0.1, 0.15) is 10.8 Å². The van der Waals surface area contributed by atoms with Gasteiger partial charge >= 0.3 is 6.03 Å². The van der Waals surface area contributed by atoms with Crippen LogP contribution in [0.25, 0.3) is 0 Å². The zero-order valence-electron chi connectivity index (χ0n) is 14.0. The normalized spacial score (nSPS) is 13.5. The van der Waals surface area contributed by atoms with Crippen LogP contribution < -0.4 is 10.6 Å². The Bertz CT molecular complexity index is 823. The number of nitrogens with one attached hydrogen (secondary N) is 2. The van der Waals surface area contributed by atoms with E-state index in [0.717, 1.165) is 31.5 Å². The Morgan fingerprint density at radius 1 is 1.12 bits per heavy atom. The van der Waals surface area contributed by atoms with Crippen LogP contribution >= 0.6 is 23.2 Å². The average molecular weight is 393 g/mol. The van der Waals surface area contributed by atoms with Gasteiger partial charge in [-0.25, -0.2) is 9.78 Å². The molecule has 0 bridgehead atoms. The molecule has 0 radical (unpaired) electrons. The lowest BCUT2D eigenvalue weighted by molar-refractivity contribution is 0.0946. The van der Waals surface area contributed by atoms with Crippen LogP contribution in [0.1, 0.15) is 28.9 Å². The topological polar surface area (TPSA) is 74.3 Å². The predicted octanol–water partition coefficient (Wildman–Crippen LogP) is 3.95. The minimum atomic E-state index is -0.413. The van der Waals surface area contributed by atoms with Crippen molar-refractivity contribution in [1.29, 1.82) is 0 Å². The van der Waals surface area contributed by atoms with Gasteiger partial charge in [0.05, 0.1) is 5.02 Å². The molecule has 1 aromatic heterocycles. The predicted molar refractivity (Wildman–Crippen MR) is 102 cm³/mol. The van der Waals surface area contributed by atoms with Gasteiger partial charge in [0.25, 0.3) is 5.91 Å². The maximum Gasteiger partial charge on any atom is 0.321 e. The number of carbonyl (C=O) groups excluding carboxylic acids is 2. The third-order valence-electron chi connectivity index (χ3n) is 4.05. The molecule has 3 amide bonds. The van der Waals surface area contributed by atoms with Crippen LogP contribution in [-0.4, -0.2) is 34.9 Å². The number of nitrogens with zero attached hydrogens (tertiary/aromatic N) is 2. The van der Waals surface area contributed by atoms with E-state index >= 15 is 0 Å². The molecule has 0 aliphatic carbocycles. The van der Waals surface area contributed by atoms with Crippen molar-refractivity contribution in [3.8, 4) is 0 Å². The molecule has 0 unspecified atom stereocenters. The number of pyridine rings is 1. The van der Waals surface area contributed by atoms with E-state index in [1.165, 1.54) is 12.1 Å². The Morgan fingerprint density at radius 3 is 2.65 bits per heavy atom. The maximum atomic E-state index is 12.2. The molecule has 0 atom stereocenters. The molecule has 136 valence electrons. The summed E-state index contributed by atoms with van der Waals surface area (Å²) in [6.45, 7) is 1.85. The standard InChI is InChI=1S/C18H18Cl2N4O2/c19-14-6-7-15(20)23-16(14)17(25)21-11-12-4-3-5-13(10-12)22-18(26)24-8-1-2-9-24/h3-7,10H,1-2,8-9,11H2,(H,21,25)(H,22,26). The van der Waals surface area contributed by atoms with Crippen molar-refractivity contribution in [2.45, 2.75) is 19.4 Å². The van der Waals surface area contributed by atoms with Gasteiger partial charge in [-0.05, 0) is 42.7 Å². The van der Waals surface area contributed by atoms with E-state index in [-0.39, 0.29) is 28.4 Å². The number of anilines is 1. The Morgan fingerprint density at radius 2 is 1.88 bits per heavy atom. The molecule has 1 fully saturated rings. The van der Waals surface area contributed by atoms with E-state index in [1.54, 1.807) is 4.90 Å². The van der Waals surface area contributed by atoms with Crippen LogP contribution in [0.3, 0.4) is 0 Å². The first-order valence-electron chi connectivity index (χ1n) is 8.28. The smallest absolute Gasteiger partial charge is 0.321 e. The molecule has 2 heterocycles. The minimum Gasteiger partial charge on any atom is -0.347 e. The molecule has 1 aromatic carbocycles. The van der Waals surface area contributed by atoms with Crippen LogP contribution in [0.4, 0.5) is 10.5 Å². The number of likely N-dealkylation sites (tertiary alicyclic amines) is 1. The molecular weight excluding hydrogens is 375 g/mol. The number of amides is 3. The SMILES string of the molecule is O=C(NCc1cccc(NC(=O)N2CCCC2)c1)c1nc(Cl)ccc1Cl. The van der Waals surface area contributed by atoms with Crippen molar-refractivity contribution in [2.75, 3.05) is 18.4 Å². The summed E-state index contributed by atoms with van der Waals surface area (Å²) in [6.07, 6.45) is 2.08. The number of carbonyl (C=O) groups is 2. The third-order valence-corrected chi connectivity index (χ3v) is 4.57. The quantitative estimate of drug-likeness (QED) is 0.773. The number of aromatic nitrogens is 1. The number of halogens is 2. The van der Waals surface area contributed by atoms with E-state index in [9.17, 15) is 9.59 Å². The second kappa shape index (κ2) is 8.38. The summed E-state index contributed by atoms with van der Waals surface area (Å²) in [6, 6.07) is 10.3. The summed E-state index contributed by atoms with van der Waals surface area (Å²) in [7, 11) is 0. The van der Waals surface area contributed by atoms with Crippen LogP contribution in [0.15, 0.2) is 36.4 Å². The van der Waals surface area contributed by atoms with Crippen LogP contribution in [0, 0.1) is 0 Å². The number of benzene rings is 1. The number of rotatable bonds is 4. The fraction of sp³-hybridized carbons (Fsp3) is 0.278. The number of hydrogen-bond donors (Lipinski definition) is 2. The molecule has 26 heavy (non-hydrogen) atoms. The van der Waals surface area contributed by atoms with Crippen molar-refractivity contribution in [2.24, 2.45) is 0 Å². The van der Waals surface area contributed by atoms with Gasteiger partial charge in [-0.1, -0.05) is 35.3 Å². The molecule has 1 saturated heterocycles.